The number of carbonyl (C=O) groups excluding carboxylic acids is 1. The molecule has 0 heterocycles. The maximum atomic E-state index is 12.0. The van der Waals surface area contributed by atoms with Gasteiger partial charge < -0.3 is 15.8 Å². The molecule has 1 rings (SSSR count). The predicted molar refractivity (Wildman–Crippen MR) is 82.9 cm³/mol. The van der Waals surface area contributed by atoms with Gasteiger partial charge in [0.2, 0.25) is 5.91 Å². The largest absolute Gasteiger partial charge is 0.495 e. The molecule has 4 heteroatoms. The van der Waals surface area contributed by atoms with Crippen molar-refractivity contribution in [3.8, 4) is 5.75 Å². The Bertz CT molecular complexity index is 448. The normalized spacial score (nSPS) is 15.2. The summed E-state index contributed by atoms with van der Waals surface area (Å²) in [7, 11) is 1.62. The summed E-state index contributed by atoms with van der Waals surface area (Å²) < 4.78 is 5.33. The molecule has 2 unspecified atom stereocenters. The Labute approximate surface area is 121 Å². The van der Waals surface area contributed by atoms with E-state index in [1.807, 2.05) is 31.2 Å². The van der Waals surface area contributed by atoms with Crippen LogP contribution in [0.15, 0.2) is 24.3 Å². The van der Waals surface area contributed by atoms with Crippen molar-refractivity contribution in [1.82, 2.24) is 0 Å². The Balaban J connectivity index is 3.08. The van der Waals surface area contributed by atoms with Crippen LogP contribution in [0.3, 0.4) is 0 Å². The highest BCUT2D eigenvalue weighted by Crippen LogP contribution is 2.32. The minimum atomic E-state index is -0.732. The second kappa shape index (κ2) is 7.17. The molecule has 2 atom stereocenters. The van der Waals surface area contributed by atoms with E-state index in [9.17, 15) is 4.79 Å². The number of amides is 1. The Morgan fingerprint density at radius 1 is 1.40 bits per heavy atom. The van der Waals surface area contributed by atoms with Gasteiger partial charge in [-0.15, -0.1) is 0 Å². The van der Waals surface area contributed by atoms with Gasteiger partial charge in [0.25, 0.3) is 0 Å². The topological polar surface area (TPSA) is 64.3 Å². The van der Waals surface area contributed by atoms with Crippen LogP contribution in [0.5, 0.6) is 5.75 Å². The van der Waals surface area contributed by atoms with Crippen molar-refractivity contribution in [2.75, 3.05) is 12.4 Å². The Morgan fingerprint density at radius 2 is 2.05 bits per heavy atom. The molecule has 0 aromatic heterocycles. The van der Waals surface area contributed by atoms with E-state index in [4.69, 9.17) is 10.5 Å². The van der Waals surface area contributed by atoms with Gasteiger partial charge in [-0.1, -0.05) is 39.3 Å². The van der Waals surface area contributed by atoms with Gasteiger partial charge in [0.15, 0.2) is 0 Å². The van der Waals surface area contributed by atoms with Crippen LogP contribution in [0.4, 0.5) is 5.69 Å². The van der Waals surface area contributed by atoms with Crippen LogP contribution in [0.1, 0.15) is 40.0 Å². The Kier molecular flexibility index (Phi) is 5.86. The Hall–Kier alpha value is -1.71. The van der Waals surface area contributed by atoms with Gasteiger partial charge in [0.05, 0.1) is 12.8 Å². The minimum Gasteiger partial charge on any atom is -0.495 e. The third-order valence-corrected chi connectivity index (χ3v) is 3.95. The van der Waals surface area contributed by atoms with Gasteiger partial charge in [-0.2, -0.15) is 0 Å². The lowest BCUT2D eigenvalue weighted by atomic mass is 9.83. The minimum absolute atomic E-state index is 0.314. The zero-order valence-corrected chi connectivity index (χ0v) is 12.9. The zero-order valence-electron chi connectivity index (χ0n) is 12.9. The summed E-state index contributed by atoms with van der Waals surface area (Å²) in [4.78, 5) is 12.0. The van der Waals surface area contributed by atoms with E-state index in [-0.39, 0.29) is 5.91 Å². The van der Waals surface area contributed by atoms with Crippen molar-refractivity contribution in [2.45, 2.75) is 45.6 Å². The molecule has 0 aliphatic heterocycles. The summed E-state index contributed by atoms with van der Waals surface area (Å²) in [5.41, 5.74) is 5.75. The monoisotopic (exact) mass is 278 g/mol. The highest BCUT2D eigenvalue weighted by atomic mass is 16.5. The molecule has 1 aromatic carbocycles. The molecule has 0 spiro atoms. The van der Waals surface area contributed by atoms with Gasteiger partial charge in [0, 0.05) is 0 Å². The molecule has 0 bridgehead atoms. The van der Waals surface area contributed by atoms with Crippen molar-refractivity contribution < 1.29 is 9.53 Å². The van der Waals surface area contributed by atoms with Crippen molar-refractivity contribution in [2.24, 2.45) is 11.7 Å². The number of methoxy groups -OCH3 is 1. The van der Waals surface area contributed by atoms with Gasteiger partial charge in [-0.05, 0) is 30.9 Å². The predicted octanol–water partition coefficient (Wildman–Crippen LogP) is 3.18. The van der Waals surface area contributed by atoms with E-state index in [1.165, 1.54) is 0 Å². The van der Waals surface area contributed by atoms with E-state index in [2.05, 4.69) is 19.2 Å². The van der Waals surface area contributed by atoms with Gasteiger partial charge in [-0.3, -0.25) is 4.79 Å². The number of carbonyl (C=O) groups is 1. The molecule has 0 radical (unpaired) electrons. The number of para-hydroxylation sites is 2. The average molecular weight is 278 g/mol. The number of nitrogens with one attached hydrogen (secondary N) is 1. The molecule has 0 aliphatic carbocycles. The molecule has 0 saturated carbocycles. The van der Waals surface area contributed by atoms with E-state index >= 15 is 0 Å². The molecule has 0 fully saturated rings. The molecular formula is C16H26N2O2. The van der Waals surface area contributed by atoms with Crippen LogP contribution in [-0.4, -0.2) is 18.6 Å². The smallest absolute Gasteiger partial charge is 0.243 e. The number of hydrogen-bond donors (Lipinski definition) is 2. The summed E-state index contributed by atoms with van der Waals surface area (Å²) in [5, 5.41) is 3.33. The lowest BCUT2D eigenvalue weighted by Crippen LogP contribution is -2.51. The lowest BCUT2D eigenvalue weighted by molar-refractivity contribution is -0.123. The number of rotatable bonds is 8. The molecule has 20 heavy (non-hydrogen) atoms. The average Bonchev–Trinajstić information content (AvgIpc) is 2.46. The molecule has 1 amide bonds. The van der Waals surface area contributed by atoms with E-state index in [0.717, 1.165) is 17.9 Å². The second-order valence-corrected chi connectivity index (χ2v) is 5.34. The van der Waals surface area contributed by atoms with Crippen LogP contribution in [0, 0.1) is 5.92 Å². The van der Waals surface area contributed by atoms with Crippen LogP contribution in [-0.2, 0) is 4.79 Å². The fraction of sp³-hybridized carbons (Fsp3) is 0.562. The maximum absolute atomic E-state index is 12.0. The van der Waals surface area contributed by atoms with Gasteiger partial charge >= 0.3 is 0 Å². The lowest BCUT2D eigenvalue weighted by Gasteiger charge is -2.34. The number of hydrogen-bond acceptors (Lipinski definition) is 3. The molecule has 0 saturated heterocycles. The van der Waals surface area contributed by atoms with Gasteiger partial charge in [-0.25, -0.2) is 0 Å². The zero-order chi connectivity index (χ0) is 15.2. The summed E-state index contributed by atoms with van der Waals surface area (Å²) >= 11 is 0. The third kappa shape index (κ3) is 3.65. The van der Waals surface area contributed by atoms with E-state index in [1.54, 1.807) is 7.11 Å². The summed E-state index contributed by atoms with van der Waals surface area (Å²) in [5.74, 6) is 0.826. The van der Waals surface area contributed by atoms with E-state index < -0.39 is 5.54 Å². The number of ether oxygens (including phenoxy) is 1. The van der Waals surface area contributed by atoms with E-state index in [0.29, 0.717) is 18.8 Å². The highest BCUT2D eigenvalue weighted by molar-refractivity contribution is 5.88. The van der Waals surface area contributed by atoms with Crippen molar-refractivity contribution in [3.05, 3.63) is 24.3 Å². The maximum Gasteiger partial charge on any atom is 0.243 e. The number of primary amides is 1. The van der Waals surface area contributed by atoms with Crippen LogP contribution in [0.25, 0.3) is 0 Å². The molecule has 112 valence electrons. The SMILES string of the molecule is CCC(C)CC(CC)(Nc1ccccc1OC)C(N)=O. The molecule has 4 nitrogen and oxygen atoms in total. The molecular weight excluding hydrogens is 252 g/mol. The standard InChI is InChI=1S/C16H26N2O2/c1-5-12(3)11-16(6-2,15(17)19)18-13-9-7-8-10-14(13)20-4/h7-10,12,18H,5-6,11H2,1-4H3,(H2,17,19). The first kappa shape index (κ1) is 16.3. The molecule has 1 aromatic rings. The molecule has 3 N–H and O–H groups in total. The van der Waals surface area contributed by atoms with Crippen LogP contribution >= 0.6 is 0 Å². The van der Waals surface area contributed by atoms with Crippen LogP contribution < -0.4 is 15.8 Å². The number of benzene rings is 1. The van der Waals surface area contributed by atoms with Crippen molar-refractivity contribution in [1.29, 1.82) is 0 Å². The third-order valence-electron chi connectivity index (χ3n) is 3.95. The van der Waals surface area contributed by atoms with Crippen LogP contribution in [0.2, 0.25) is 0 Å². The Morgan fingerprint density at radius 3 is 2.55 bits per heavy atom. The fourth-order valence-electron chi connectivity index (χ4n) is 2.37. The first-order valence-corrected chi connectivity index (χ1v) is 7.20. The number of nitrogens with two attached hydrogens (primary N) is 1. The highest BCUT2D eigenvalue weighted by Gasteiger charge is 2.36. The van der Waals surface area contributed by atoms with Crippen molar-refractivity contribution >= 4 is 11.6 Å². The van der Waals surface area contributed by atoms with Gasteiger partial charge in [0.1, 0.15) is 11.3 Å². The number of anilines is 1. The fourth-order valence-corrected chi connectivity index (χ4v) is 2.37. The summed E-state index contributed by atoms with van der Waals surface area (Å²) in [6.07, 6.45) is 2.38. The van der Waals surface area contributed by atoms with Crippen molar-refractivity contribution in [3.63, 3.8) is 0 Å². The summed E-state index contributed by atoms with van der Waals surface area (Å²) in [6, 6.07) is 7.59. The summed E-state index contributed by atoms with van der Waals surface area (Å²) in [6.45, 7) is 6.24. The first-order valence-electron chi connectivity index (χ1n) is 7.20. The first-order chi connectivity index (χ1) is 9.49. The quantitative estimate of drug-likeness (QED) is 0.767. The molecule has 0 aliphatic rings. The second-order valence-electron chi connectivity index (χ2n) is 5.34.